The van der Waals surface area contributed by atoms with Crippen LogP contribution in [-0.4, -0.2) is 27.6 Å². The van der Waals surface area contributed by atoms with E-state index in [1.165, 1.54) is 12.4 Å². The summed E-state index contributed by atoms with van der Waals surface area (Å²) in [5.41, 5.74) is 5.64. The number of aromatic nitrogens is 3. The van der Waals surface area contributed by atoms with Crippen molar-refractivity contribution in [3.05, 3.63) is 12.4 Å². The third kappa shape index (κ3) is 5.35. The molecule has 6 nitrogen and oxygen atoms in total. The van der Waals surface area contributed by atoms with Crippen molar-refractivity contribution in [3.63, 3.8) is 0 Å². The highest BCUT2D eigenvalue weighted by atomic mass is 16.1. The van der Waals surface area contributed by atoms with Gasteiger partial charge in [0.25, 0.3) is 0 Å². The zero-order chi connectivity index (χ0) is 12.7. The molecule has 1 aromatic rings. The van der Waals surface area contributed by atoms with Crippen molar-refractivity contribution in [3.8, 4) is 0 Å². The molecular weight excluding hydrogens is 218 g/mol. The summed E-state index contributed by atoms with van der Waals surface area (Å²) in [5, 5.41) is 9.92. The monoisotopic (exact) mass is 237 g/mol. The van der Waals surface area contributed by atoms with E-state index in [0.717, 1.165) is 6.42 Å². The summed E-state index contributed by atoms with van der Waals surface area (Å²) >= 11 is 0. The third-order valence-corrected chi connectivity index (χ3v) is 2.35. The lowest BCUT2D eigenvalue weighted by Gasteiger charge is -2.15. The minimum Gasteiger partial charge on any atom is -0.330 e. The van der Waals surface area contributed by atoms with Crippen molar-refractivity contribution in [2.75, 3.05) is 11.9 Å². The molecule has 1 aromatic heterocycles. The van der Waals surface area contributed by atoms with E-state index in [-0.39, 0.29) is 17.8 Å². The lowest BCUT2D eigenvalue weighted by Crippen LogP contribution is -2.24. The Morgan fingerprint density at radius 2 is 2.24 bits per heavy atom. The van der Waals surface area contributed by atoms with Gasteiger partial charge in [-0.15, -0.1) is 5.10 Å². The van der Waals surface area contributed by atoms with E-state index in [4.69, 9.17) is 5.73 Å². The number of carbonyl (C=O) groups is 1. The van der Waals surface area contributed by atoms with Gasteiger partial charge in [0, 0.05) is 6.42 Å². The van der Waals surface area contributed by atoms with E-state index in [9.17, 15) is 4.79 Å². The number of nitrogens with two attached hydrogens (primary N) is 1. The van der Waals surface area contributed by atoms with Crippen molar-refractivity contribution in [2.45, 2.75) is 26.7 Å². The first kappa shape index (κ1) is 13.5. The number of nitrogens with one attached hydrogen (secondary N) is 1. The number of carbonyl (C=O) groups excluding carboxylic acids is 1. The summed E-state index contributed by atoms with van der Waals surface area (Å²) in [4.78, 5) is 15.6. The van der Waals surface area contributed by atoms with Gasteiger partial charge in [-0.2, -0.15) is 5.10 Å². The second-order valence-electron chi connectivity index (χ2n) is 4.45. The van der Waals surface area contributed by atoms with Crippen LogP contribution in [0, 0.1) is 11.8 Å². The Morgan fingerprint density at radius 3 is 2.76 bits per heavy atom. The third-order valence-electron chi connectivity index (χ3n) is 2.35. The van der Waals surface area contributed by atoms with Crippen LogP contribution in [0.1, 0.15) is 26.7 Å². The van der Waals surface area contributed by atoms with Gasteiger partial charge in [0.2, 0.25) is 11.9 Å². The van der Waals surface area contributed by atoms with E-state index in [0.29, 0.717) is 18.9 Å². The summed E-state index contributed by atoms with van der Waals surface area (Å²) in [6, 6.07) is 0. The molecule has 1 atom stereocenters. The molecule has 0 saturated carbocycles. The molecule has 17 heavy (non-hydrogen) atoms. The van der Waals surface area contributed by atoms with Gasteiger partial charge >= 0.3 is 0 Å². The maximum absolute atomic E-state index is 11.7. The highest BCUT2D eigenvalue weighted by Crippen LogP contribution is 2.14. The van der Waals surface area contributed by atoms with Crippen LogP contribution in [0.3, 0.4) is 0 Å². The number of nitrogens with zero attached hydrogens (tertiary/aromatic N) is 3. The van der Waals surface area contributed by atoms with Crippen LogP contribution in [-0.2, 0) is 4.79 Å². The molecule has 0 fully saturated rings. The first-order valence-corrected chi connectivity index (χ1v) is 5.75. The molecule has 0 radical (unpaired) electrons. The van der Waals surface area contributed by atoms with Gasteiger partial charge in [-0.05, 0) is 24.8 Å². The molecule has 1 heterocycles. The standard InChI is InChI=1S/C11H19N5O/c1-8(2)5-9(7-12)6-10(17)15-11-13-3-4-14-16-11/h3-4,8-9H,5-7,12H2,1-2H3,(H,13,15,16,17)/t9-/m0/s1. The maximum atomic E-state index is 11.7. The van der Waals surface area contributed by atoms with Crippen molar-refractivity contribution in [1.82, 2.24) is 15.2 Å². The van der Waals surface area contributed by atoms with Gasteiger partial charge < -0.3 is 5.73 Å². The number of hydrogen-bond donors (Lipinski definition) is 2. The number of rotatable bonds is 6. The number of amides is 1. The van der Waals surface area contributed by atoms with Crippen molar-refractivity contribution >= 4 is 11.9 Å². The van der Waals surface area contributed by atoms with Gasteiger partial charge in [-0.25, -0.2) is 4.98 Å². The zero-order valence-corrected chi connectivity index (χ0v) is 10.3. The Morgan fingerprint density at radius 1 is 1.47 bits per heavy atom. The molecule has 0 bridgehead atoms. The largest absolute Gasteiger partial charge is 0.330 e. The molecule has 6 heteroatoms. The van der Waals surface area contributed by atoms with Crippen LogP contribution in [0.25, 0.3) is 0 Å². The van der Waals surface area contributed by atoms with Gasteiger partial charge in [0.05, 0.1) is 12.4 Å². The average Bonchev–Trinajstić information content (AvgIpc) is 2.28. The quantitative estimate of drug-likeness (QED) is 0.764. The summed E-state index contributed by atoms with van der Waals surface area (Å²) in [5.74, 6) is 0.851. The van der Waals surface area contributed by atoms with Crippen LogP contribution in [0.2, 0.25) is 0 Å². The normalized spacial score (nSPS) is 12.5. The van der Waals surface area contributed by atoms with Crippen molar-refractivity contribution < 1.29 is 4.79 Å². The van der Waals surface area contributed by atoms with E-state index in [1.807, 2.05) is 0 Å². The fraction of sp³-hybridized carbons (Fsp3) is 0.636. The first-order chi connectivity index (χ1) is 8.11. The first-order valence-electron chi connectivity index (χ1n) is 5.75. The summed E-state index contributed by atoms with van der Waals surface area (Å²) in [6.45, 7) is 4.75. The minimum absolute atomic E-state index is 0.117. The molecular formula is C11H19N5O. The highest BCUT2D eigenvalue weighted by molar-refractivity contribution is 5.88. The van der Waals surface area contributed by atoms with Crippen LogP contribution in [0.5, 0.6) is 0 Å². The lowest BCUT2D eigenvalue weighted by molar-refractivity contribution is -0.117. The van der Waals surface area contributed by atoms with Gasteiger partial charge in [-0.1, -0.05) is 13.8 Å². The van der Waals surface area contributed by atoms with Crippen molar-refractivity contribution in [1.29, 1.82) is 0 Å². The van der Waals surface area contributed by atoms with Crippen LogP contribution in [0.4, 0.5) is 5.95 Å². The SMILES string of the molecule is CC(C)C[C@H](CN)CC(=O)Nc1nccnn1. The lowest BCUT2D eigenvalue weighted by atomic mass is 9.94. The van der Waals surface area contributed by atoms with E-state index in [2.05, 4.69) is 34.3 Å². The number of anilines is 1. The predicted octanol–water partition coefficient (Wildman–Crippen LogP) is 0.821. The molecule has 0 aliphatic carbocycles. The molecule has 0 unspecified atom stereocenters. The van der Waals surface area contributed by atoms with Gasteiger partial charge in [0.1, 0.15) is 0 Å². The Bertz CT molecular complexity index is 341. The minimum atomic E-state index is -0.117. The smallest absolute Gasteiger partial charge is 0.249 e. The molecule has 0 spiro atoms. The van der Waals surface area contributed by atoms with E-state index in [1.54, 1.807) is 0 Å². The van der Waals surface area contributed by atoms with Crippen LogP contribution in [0.15, 0.2) is 12.4 Å². The second kappa shape index (κ2) is 6.90. The second-order valence-corrected chi connectivity index (χ2v) is 4.45. The fourth-order valence-corrected chi connectivity index (χ4v) is 1.67. The van der Waals surface area contributed by atoms with E-state index >= 15 is 0 Å². The number of hydrogen-bond acceptors (Lipinski definition) is 5. The molecule has 1 rings (SSSR count). The Kier molecular flexibility index (Phi) is 5.48. The topological polar surface area (TPSA) is 93.8 Å². The Hall–Kier alpha value is -1.56. The van der Waals surface area contributed by atoms with E-state index < -0.39 is 0 Å². The summed E-state index contributed by atoms with van der Waals surface area (Å²) in [6.07, 6.45) is 4.28. The molecule has 1 amide bonds. The molecule has 0 saturated heterocycles. The maximum Gasteiger partial charge on any atom is 0.249 e. The predicted molar refractivity (Wildman–Crippen MR) is 65.1 cm³/mol. The Labute approximate surface area is 101 Å². The molecule has 0 aromatic carbocycles. The molecule has 3 N–H and O–H groups in total. The zero-order valence-electron chi connectivity index (χ0n) is 10.3. The molecule has 0 aliphatic heterocycles. The molecule has 94 valence electrons. The van der Waals surface area contributed by atoms with Crippen LogP contribution >= 0.6 is 0 Å². The summed E-state index contributed by atoms with van der Waals surface area (Å²) < 4.78 is 0. The molecule has 0 aliphatic rings. The average molecular weight is 237 g/mol. The Balaban J connectivity index is 2.43. The fourth-order valence-electron chi connectivity index (χ4n) is 1.67. The van der Waals surface area contributed by atoms with Crippen LogP contribution < -0.4 is 11.1 Å². The highest BCUT2D eigenvalue weighted by Gasteiger charge is 2.14. The van der Waals surface area contributed by atoms with Gasteiger partial charge in [0.15, 0.2) is 0 Å². The summed E-state index contributed by atoms with van der Waals surface area (Å²) in [7, 11) is 0. The van der Waals surface area contributed by atoms with Crippen molar-refractivity contribution in [2.24, 2.45) is 17.6 Å². The van der Waals surface area contributed by atoms with Gasteiger partial charge in [-0.3, -0.25) is 10.1 Å².